The molecule has 1 aliphatic heterocycles. The summed E-state index contributed by atoms with van der Waals surface area (Å²) in [6.07, 6.45) is 1.94. The van der Waals surface area contributed by atoms with Crippen LogP contribution in [0, 0.1) is 0 Å². The molecule has 1 aromatic heterocycles. The number of rotatable bonds is 3. The molecule has 16 heavy (non-hydrogen) atoms. The Balaban J connectivity index is 2.37. The lowest BCUT2D eigenvalue weighted by Gasteiger charge is -2.13. The molecular weight excluding hydrogens is 208 g/mol. The number of methoxy groups -OCH3 is 1. The van der Waals surface area contributed by atoms with Crippen LogP contribution in [0.4, 0.5) is 11.5 Å². The zero-order chi connectivity index (χ0) is 11.5. The fraction of sp³-hybridized carbons (Fsp3) is 0.600. The second kappa shape index (κ2) is 4.52. The minimum Gasteiger partial charge on any atom is -0.479 e. The van der Waals surface area contributed by atoms with Gasteiger partial charge in [-0.25, -0.2) is 4.98 Å². The van der Waals surface area contributed by atoms with Crippen molar-refractivity contribution in [2.45, 2.75) is 18.9 Å². The third kappa shape index (κ3) is 1.88. The van der Waals surface area contributed by atoms with Crippen LogP contribution < -0.4 is 15.8 Å². The van der Waals surface area contributed by atoms with Crippen LogP contribution in [0.3, 0.4) is 0 Å². The van der Waals surface area contributed by atoms with E-state index in [1.807, 2.05) is 0 Å². The summed E-state index contributed by atoms with van der Waals surface area (Å²) in [5, 5.41) is 2.92. The summed E-state index contributed by atoms with van der Waals surface area (Å²) >= 11 is 0. The van der Waals surface area contributed by atoms with Crippen molar-refractivity contribution >= 4 is 11.5 Å². The summed E-state index contributed by atoms with van der Waals surface area (Å²) in [4.78, 5) is 8.59. The van der Waals surface area contributed by atoms with Crippen LogP contribution in [0.15, 0.2) is 0 Å². The lowest BCUT2D eigenvalue weighted by Crippen LogP contribution is -2.10. The number of ether oxygens (including phenoxy) is 2. The number of anilines is 2. The Bertz CT molecular complexity index is 352. The molecule has 1 saturated heterocycles. The minimum absolute atomic E-state index is 0.0402. The van der Waals surface area contributed by atoms with Crippen molar-refractivity contribution in [3.63, 3.8) is 0 Å². The molecule has 6 heteroatoms. The van der Waals surface area contributed by atoms with Gasteiger partial charge in [0.2, 0.25) is 5.88 Å². The van der Waals surface area contributed by atoms with Gasteiger partial charge in [0, 0.05) is 13.7 Å². The van der Waals surface area contributed by atoms with E-state index < -0.39 is 0 Å². The van der Waals surface area contributed by atoms with Gasteiger partial charge in [-0.15, -0.1) is 0 Å². The minimum atomic E-state index is -0.0402. The second-order valence-electron chi connectivity index (χ2n) is 3.61. The van der Waals surface area contributed by atoms with Gasteiger partial charge >= 0.3 is 0 Å². The third-order valence-electron chi connectivity index (χ3n) is 2.58. The van der Waals surface area contributed by atoms with E-state index >= 15 is 0 Å². The van der Waals surface area contributed by atoms with E-state index in [1.165, 1.54) is 7.11 Å². The number of nitrogens with zero attached hydrogens (tertiary/aromatic N) is 2. The van der Waals surface area contributed by atoms with Crippen LogP contribution in [0.5, 0.6) is 5.88 Å². The highest BCUT2D eigenvalue weighted by Crippen LogP contribution is 2.32. The number of nitrogens with one attached hydrogen (secondary N) is 1. The molecule has 1 atom stereocenters. The summed E-state index contributed by atoms with van der Waals surface area (Å²) < 4.78 is 10.6. The lowest BCUT2D eigenvalue weighted by atomic mass is 10.2. The predicted molar refractivity (Wildman–Crippen MR) is 60.5 cm³/mol. The molecule has 2 rings (SSSR count). The summed E-state index contributed by atoms with van der Waals surface area (Å²) in [6, 6.07) is 0. The van der Waals surface area contributed by atoms with Crippen molar-refractivity contribution in [2.75, 3.05) is 31.8 Å². The molecule has 0 aromatic carbocycles. The average Bonchev–Trinajstić information content (AvgIpc) is 2.83. The van der Waals surface area contributed by atoms with Gasteiger partial charge in [0.05, 0.1) is 7.11 Å². The van der Waals surface area contributed by atoms with Crippen molar-refractivity contribution in [2.24, 2.45) is 0 Å². The summed E-state index contributed by atoms with van der Waals surface area (Å²) in [5.41, 5.74) is 6.24. The fourth-order valence-electron chi connectivity index (χ4n) is 1.74. The van der Waals surface area contributed by atoms with Crippen LogP contribution in [-0.4, -0.2) is 30.7 Å². The van der Waals surface area contributed by atoms with E-state index in [-0.39, 0.29) is 6.10 Å². The Morgan fingerprint density at radius 1 is 1.50 bits per heavy atom. The molecule has 0 aliphatic carbocycles. The zero-order valence-corrected chi connectivity index (χ0v) is 9.49. The van der Waals surface area contributed by atoms with Crippen molar-refractivity contribution in [1.29, 1.82) is 0 Å². The SMILES string of the molecule is CNc1nc(C2CCCO2)nc(OC)c1N. The van der Waals surface area contributed by atoms with Gasteiger partial charge in [-0.3, -0.25) is 0 Å². The van der Waals surface area contributed by atoms with Crippen molar-refractivity contribution < 1.29 is 9.47 Å². The summed E-state index contributed by atoms with van der Waals surface area (Å²) in [6.45, 7) is 0.760. The molecule has 3 N–H and O–H groups in total. The Kier molecular flexibility index (Phi) is 3.09. The first kappa shape index (κ1) is 10.9. The number of nitrogens with two attached hydrogens (primary N) is 1. The van der Waals surface area contributed by atoms with Gasteiger partial charge in [0.1, 0.15) is 11.8 Å². The molecule has 0 saturated carbocycles. The first-order valence-electron chi connectivity index (χ1n) is 5.27. The quantitative estimate of drug-likeness (QED) is 0.795. The lowest BCUT2D eigenvalue weighted by molar-refractivity contribution is 0.104. The van der Waals surface area contributed by atoms with Gasteiger partial charge in [-0.2, -0.15) is 4.98 Å². The topological polar surface area (TPSA) is 82.3 Å². The van der Waals surface area contributed by atoms with Gasteiger partial charge < -0.3 is 20.5 Å². The van der Waals surface area contributed by atoms with E-state index in [0.717, 1.165) is 19.4 Å². The second-order valence-corrected chi connectivity index (χ2v) is 3.61. The molecule has 0 spiro atoms. The third-order valence-corrected chi connectivity index (χ3v) is 2.58. The van der Waals surface area contributed by atoms with Crippen molar-refractivity contribution in [3.8, 4) is 5.88 Å². The highest BCUT2D eigenvalue weighted by Gasteiger charge is 2.23. The molecular formula is C10H16N4O2. The van der Waals surface area contributed by atoms with E-state index in [0.29, 0.717) is 23.2 Å². The highest BCUT2D eigenvalue weighted by atomic mass is 16.5. The van der Waals surface area contributed by atoms with E-state index in [2.05, 4.69) is 15.3 Å². The average molecular weight is 224 g/mol. The number of aromatic nitrogens is 2. The van der Waals surface area contributed by atoms with Crippen LogP contribution in [0.1, 0.15) is 24.8 Å². The highest BCUT2D eigenvalue weighted by molar-refractivity contribution is 5.66. The Labute approximate surface area is 94.2 Å². The molecule has 88 valence electrons. The van der Waals surface area contributed by atoms with Gasteiger partial charge in [0.15, 0.2) is 11.6 Å². The van der Waals surface area contributed by atoms with Crippen LogP contribution >= 0.6 is 0 Å². The predicted octanol–water partition coefficient (Wildman–Crippen LogP) is 0.961. The molecule has 1 unspecified atom stereocenters. The molecule has 0 amide bonds. The molecule has 1 aliphatic rings. The van der Waals surface area contributed by atoms with E-state index in [9.17, 15) is 0 Å². The maximum atomic E-state index is 5.82. The number of hydrogen-bond acceptors (Lipinski definition) is 6. The zero-order valence-electron chi connectivity index (χ0n) is 9.49. The maximum absolute atomic E-state index is 5.82. The van der Waals surface area contributed by atoms with Crippen LogP contribution in [0.25, 0.3) is 0 Å². The smallest absolute Gasteiger partial charge is 0.242 e. The summed E-state index contributed by atoms with van der Waals surface area (Å²) in [5.74, 6) is 1.61. The summed E-state index contributed by atoms with van der Waals surface area (Å²) in [7, 11) is 3.30. The number of hydrogen-bond donors (Lipinski definition) is 2. The standard InChI is InChI=1S/C10H16N4O2/c1-12-9-7(11)10(15-2)14-8(13-9)6-4-3-5-16-6/h6H,3-5,11H2,1-2H3,(H,12,13,14). The first-order chi connectivity index (χ1) is 7.76. The maximum Gasteiger partial charge on any atom is 0.242 e. The van der Waals surface area contributed by atoms with Crippen molar-refractivity contribution in [3.05, 3.63) is 5.82 Å². The van der Waals surface area contributed by atoms with Gasteiger partial charge in [-0.1, -0.05) is 0 Å². The first-order valence-corrected chi connectivity index (χ1v) is 5.27. The molecule has 1 fully saturated rings. The van der Waals surface area contributed by atoms with E-state index in [1.54, 1.807) is 7.05 Å². The van der Waals surface area contributed by atoms with Gasteiger partial charge in [0.25, 0.3) is 0 Å². The normalized spacial score (nSPS) is 19.8. The molecule has 0 bridgehead atoms. The molecule has 1 aromatic rings. The Hall–Kier alpha value is -1.56. The number of nitrogen functional groups attached to an aromatic ring is 1. The van der Waals surface area contributed by atoms with Crippen LogP contribution in [0.2, 0.25) is 0 Å². The largest absolute Gasteiger partial charge is 0.479 e. The van der Waals surface area contributed by atoms with Crippen LogP contribution in [-0.2, 0) is 4.74 Å². The monoisotopic (exact) mass is 224 g/mol. The van der Waals surface area contributed by atoms with Crippen molar-refractivity contribution in [1.82, 2.24) is 9.97 Å². The molecule has 0 radical (unpaired) electrons. The molecule has 2 heterocycles. The molecule has 6 nitrogen and oxygen atoms in total. The van der Waals surface area contributed by atoms with Gasteiger partial charge in [-0.05, 0) is 12.8 Å². The fourth-order valence-corrected chi connectivity index (χ4v) is 1.74. The Morgan fingerprint density at radius 3 is 2.88 bits per heavy atom. The Morgan fingerprint density at radius 2 is 2.31 bits per heavy atom. The van der Waals surface area contributed by atoms with E-state index in [4.69, 9.17) is 15.2 Å².